The Bertz CT molecular complexity index is 808. The zero-order valence-electron chi connectivity index (χ0n) is 14.3. The largest absolute Gasteiger partial charge is 0.391 e. The zero-order valence-corrected chi connectivity index (χ0v) is 14.3. The normalized spacial score (nSPS) is 19.9. The molecule has 5 nitrogen and oxygen atoms in total. The lowest BCUT2D eigenvalue weighted by Crippen LogP contribution is -2.40. The maximum Gasteiger partial charge on any atom is 0.253 e. The highest BCUT2D eigenvalue weighted by atomic mass is 19.1. The summed E-state index contributed by atoms with van der Waals surface area (Å²) in [4.78, 5) is 20.1. The molecule has 0 bridgehead atoms. The van der Waals surface area contributed by atoms with Gasteiger partial charge in [0, 0.05) is 24.6 Å². The van der Waals surface area contributed by atoms with Crippen molar-refractivity contribution in [3.05, 3.63) is 77.9 Å². The van der Waals surface area contributed by atoms with Crippen molar-refractivity contribution in [3.8, 4) is 0 Å². The molecule has 1 unspecified atom stereocenters. The fourth-order valence-electron chi connectivity index (χ4n) is 3.36. The fraction of sp³-hybridized carbons (Fsp3) is 0.250. The fourth-order valence-corrected chi connectivity index (χ4v) is 3.36. The van der Waals surface area contributed by atoms with E-state index in [0.29, 0.717) is 18.7 Å². The topological polar surface area (TPSA) is 44.8 Å². The number of rotatable bonds is 3. The van der Waals surface area contributed by atoms with Crippen molar-refractivity contribution in [2.45, 2.75) is 12.8 Å². The third-order valence-electron chi connectivity index (χ3n) is 4.75. The average molecular weight is 353 g/mol. The number of carbonyl (C=O) groups is 1. The minimum Gasteiger partial charge on any atom is -0.391 e. The summed E-state index contributed by atoms with van der Waals surface area (Å²) < 4.78 is 13.1. The van der Waals surface area contributed by atoms with Crippen LogP contribution in [0.4, 0.5) is 10.1 Å². The molecular weight excluding hydrogens is 333 g/mol. The Kier molecular flexibility index (Phi) is 4.58. The molecule has 0 spiro atoms. The van der Waals surface area contributed by atoms with Gasteiger partial charge in [-0.25, -0.2) is 9.40 Å². The van der Waals surface area contributed by atoms with Crippen molar-refractivity contribution >= 4 is 11.6 Å². The lowest BCUT2D eigenvalue weighted by atomic mass is 9.95. The minimum absolute atomic E-state index is 0.0684. The van der Waals surface area contributed by atoms with Crippen LogP contribution in [0.1, 0.15) is 23.2 Å². The molecule has 0 radical (unpaired) electrons. The molecule has 0 aromatic heterocycles. The summed E-state index contributed by atoms with van der Waals surface area (Å²) in [6.45, 7) is 1.29. The summed E-state index contributed by atoms with van der Waals surface area (Å²) in [7, 11) is 0. The molecular formula is C20H20FN3O2. The summed E-state index contributed by atoms with van der Waals surface area (Å²) in [6.07, 6.45) is 3.80. The van der Waals surface area contributed by atoms with Gasteiger partial charge in [-0.2, -0.15) is 0 Å². The first-order valence-electron chi connectivity index (χ1n) is 8.74. The minimum atomic E-state index is -0.338. The highest BCUT2D eigenvalue weighted by Gasteiger charge is 2.30. The lowest BCUT2D eigenvalue weighted by molar-refractivity contribution is 0.0578. The van der Waals surface area contributed by atoms with Crippen molar-refractivity contribution in [1.82, 2.24) is 10.5 Å². The molecule has 2 heterocycles. The Morgan fingerprint density at radius 2 is 1.88 bits per heavy atom. The zero-order chi connectivity index (χ0) is 17.9. The van der Waals surface area contributed by atoms with Gasteiger partial charge in [0.25, 0.3) is 5.91 Å². The molecule has 6 heteroatoms. The van der Waals surface area contributed by atoms with Gasteiger partial charge in [0.1, 0.15) is 11.6 Å². The molecule has 4 rings (SSSR count). The van der Waals surface area contributed by atoms with Crippen LogP contribution in [0.3, 0.4) is 0 Å². The molecule has 1 N–H and O–H groups in total. The van der Waals surface area contributed by atoms with Gasteiger partial charge in [-0.15, -0.1) is 0 Å². The molecule has 2 aliphatic heterocycles. The standard InChI is InChI=1S/C20H20FN3O2/c21-17-10-8-15(9-11-17)20(25)23-12-4-5-16(13-23)19-14-24(22-26-19)18-6-2-1-3-7-18/h1-3,6-11,14,16,22H,4-5,12-13H2. The molecule has 0 aliphatic carbocycles. The van der Waals surface area contributed by atoms with Crippen LogP contribution in [-0.2, 0) is 4.84 Å². The number of nitrogens with one attached hydrogen (secondary N) is 1. The predicted octanol–water partition coefficient (Wildman–Crippen LogP) is 3.48. The number of hydrazine groups is 1. The van der Waals surface area contributed by atoms with Gasteiger partial charge in [0.05, 0.1) is 11.9 Å². The molecule has 1 atom stereocenters. The van der Waals surface area contributed by atoms with Gasteiger partial charge in [-0.3, -0.25) is 4.79 Å². The van der Waals surface area contributed by atoms with Crippen LogP contribution in [0.25, 0.3) is 0 Å². The van der Waals surface area contributed by atoms with Crippen molar-refractivity contribution < 1.29 is 14.0 Å². The van der Waals surface area contributed by atoms with Gasteiger partial charge in [0.15, 0.2) is 0 Å². The van der Waals surface area contributed by atoms with E-state index in [-0.39, 0.29) is 17.6 Å². The highest BCUT2D eigenvalue weighted by molar-refractivity contribution is 5.94. The van der Waals surface area contributed by atoms with E-state index in [0.717, 1.165) is 24.3 Å². The Labute approximate surface area is 151 Å². The van der Waals surface area contributed by atoms with Gasteiger partial charge in [-0.05, 0) is 49.2 Å². The van der Waals surface area contributed by atoms with E-state index < -0.39 is 0 Å². The summed E-state index contributed by atoms with van der Waals surface area (Å²) in [5.74, 6) is 0.552. The van der Waals surface area contributed by atoms with Crippen LogP contribution in [0.15, 0.2) is 66.6 Å². The van der Waals surface area contributed by atoms with Crippen molar-refractivity contribution in [2.24, 2.45) is 5.92 Å². The summed E-state index contributed by atoms with van der Waals surface area (Å²) >= 11 is 0. The molecule has 134 valence electrons. The molecule has 26 heavy (non-hydrogen) atoms. The maximum atomic E-state index is 13.1. The van der Waals surface area contributed by atoms with Gasteiger partial charge in [0.2, 0.25) is 0 Å². The number of amides is 1. The third kappa shape index (κ3) is 3.41. The molecule has 1 fully saturated rings. The van der Waals surface area contributed by atoms with Crippen molar-refractivity contribution in [3.63, 3.8) is 0 Å². The van der Waals surface area contributed by atoms with E-state index in [2.05, 4.69) is 5.59 Å². The van der Waals surface area contributed by atoms with Crippen LogP contribution in [-0.4, -0.2) is 23.9 Å². The number of likely N-dealkylation sites (tertiary alicyclic amines) is 1. The number of carbonyl (C=O) groups excluding carboxylic acids is 1. The Morgan fingerprint density at radius 1 is 1.12 bits per heavy atom. The second kappa shape index (κ2) is 7.17. The van der Waals surface area contributed by atoms with Crippen LogP contribution in [0, 0.1) is 11.7 Å². The van der Waals surface area contributed by atoms with Gasteiger partial charge in [-0.1, -0.05) is 23.8 Å². The summed E-state index contributed by atoms with van der Waals surface area (Å²) in [6, 6.07) is 15.6. The monoisotopic (exact) mass is 353 g/mol. The van der Waals surface area contributed by atoms with Crippen LogP contribution < -0.4 is 10.6 Å². The number of anilines is 1. The number of hydrogen-bond acceptors (Lipinski definition) is 4. The van der Waals surface area contributed by atoms with E-state index in [1.54, 1.807) is 0 Å². The average Bonchev–Trinajstić information content (AvgIpc) is 3.19. The molecule has 1 saturated heterocycles. The van der Waals surface area contributed by atoms with Crippen LogP contribution in [0.2, 0.25) is 0 Å². The molecule has 2 aliphatic rings. The van der Waals surface area contributed by atoms with Crippen LogP contribution in [0.5, 0.6) is 0 Å². The Hall–Kier alpha value is -2.86. The first kappa shape index (κ1) is 16.6. The third-order valence-corrected chi connectivity index (χ3v) is 4.75. The summed E-state index contributed by atoms with van der Waals surface area (Å²) in [5.41, 5.74) is 4.39. The predicted molar refractivity (Wildman–Crippen MR) is 96.3 cm³/mol. The van der Waals surface area contributed by atoms with E-state index in [1.165, 1.54) is 24.3 Å². The smallest absolute Gasteiger partial charge is 0.253 e. The first-order valence-corrected chi connectivity index (χ1v) is 8.74. The van der Waals surface area contributed by atoms with E-state index in [4.69, 9.17) is 4.84 Å². The Morgan fingerprint density at radius 3 is 2.65 bits per heavy atom. The van der Waals surface area contributed by atoms with Crippen LogP contribution >= 0.6 is 0 Å². The molecule has 0 saturated carbocycles. The van der Waals surface area contributed by atoms with E-state index in [1.807, 2.05) is 46.4 Å². The number of benzene rings is 2. The number of piperidine rings is 1. The van der Waals surface area contributed by atoms with Gasteiger partial charge >= 0.3 is 0 Å². The summed E-state index contributed by atoms with van der Waals surface area (Å²) in [5, 5.41) is 1.83. The SMILES string of the molecule is O=C(c1ccc(F)cc1)N1CCCC(C2=CN(c3ccccc3)NO2)C1. The Balaban J connectivity index is 1.45. The van der Waals surface area contributed by atoms with E-state index >= 15 is 0 Å². The number of nitrogens with zero attached hydrogens (tertiary/aromatic N) is 2. The molecule has 1 amide bonds. The molecule has 2 aromatic rings. The lowest BCUT2D eigenvalue weighted by Gasteiger charge is -2.32. The number of halogens is 1. The number of hydrogen-bond donors (Lipinski definition) is 1. The highest BCUT2D eigenvalue weighted by Crippen LogP contribution is 2.29. The second-order valence-corrected chi connectivity index (χ2v) is 6.53. The maximum absolute atomic E-state index is 13.1. The quantitative estimate of drug-likeness (QED) is 0.918. The first-order chi connectivity index (χ1) is 12.7. The van der Waals surface area contributed by atoms with Gasteiger partial charge < -0.3 is 9.74 Å². The van der Waals surface area contributed by atoms with Crippen molar-refractivity contribution in [2.75, 3.05) is 18.1 Å². The van der Waals surface area contributed by atoms with Crippen molar-refractivity contribution in [1.29, 1.82) is 0 Å². The second-order valence-electron chi connectivity index (χ2n) is 6.53. The number of para-hydroxylation sites is 1. The molecule has 2 aromatic carbocycles. The van der Waals surface area contributed by atoms with E-state index in [9.17, 15) is 9.18 Å².